The van der Waals surface area contributed by atoms with Crippen LogP contribution in [0.4, 0.5) is 13.2 Å². The van der Waals surface area contributed by atoms with E-state index in [1.54, 1.807) is 18.2 Å². The lowest BCUT2D eigenvalue weighted by atomic mass is 9.87. The summed E-state index contributed by atoms with van der Waals surface area (Å²) < 4.78 is 65.5. The zero-order chi connectivity index (χ0) is 22.4. The monoisotopic (exact) mass is 448 g/mol. The fourth-order valence-electron chi connectivity index (χ4n) is 4.21. The summed E-state index contributed by atoms with van der Waals surface area (Å²) in [5, 5.41) is 5.34. The molecule has 8 heteroatoms. The van der Waals surface area contributed by atoms with Gasteiger partial charge in [-0.2, -0.15) is 18.3 Å². The second-order valence-electron chi connectivity index (χ2n) is 8.29. The number of hydrazone groups is 1. The maximum Gasteiger partial charge on any atom is 0.407 e. The average molecular weight is 449 g/mol. The molecular formula is C23H23F3N2O2S. The van der Waals surface area contributed by atoms with E-state index in [0.717, 1.165) is 21.7 Å². The minimum Gasteiger partial charge on any atom is -0.279 e. The van der Waals surface area contributed by atoms with E-state index in [9.17, 15) is 21.6 Å². The zero-order valence-corrected chi connectivity index (χ0v) is 18.0. The number of fused-ring (bicyclic) bond motifs is 1. The van der Waals surface area contributed by atoms with Crippen LogP contribution in [0.5, 0.6) is 0 Å². The Bertz CT molecular complexity index is 1130. The van der Waals surface area contributed by atoms with Crippen molar-refractivity contribution in [1.29, 1.82) is 0 Å². The van der Waals surface area contributed by atoms with Gasteiger partial charge in [-0.15, -0.1) is 0 Å². The summed E-state index contributed by atoms with van der Waals surface area (Å²) in [7, 11) is -3.49. The van der Waals surface area contributed by atoms with Gasteiger partial charge < -0.3 is 0 Å². The molecule has 0 amide bonds. The highest BCUT2D eigenvalue weighted by Crippen LogP contribution is 2.42. The smallest absolute Gasteiger partial charge is 0.279 e. The maximum atomic E-state index is 13.3. The number of sulfone groups is 1. The molecule has 2 aliphatic rings. The Morgan fingerprint density at radius 3 is 2.19 bits per heavy atom. The summed E-state index contributed by atoms with van der Waals surface area (Å²) in [5.74, 6) is -1.10. The molecule has 2 atom stereocenters. The number of alkyl halides is 3. The van der Waals surface area contributed by atoms with Gasteiger partial charge in [0, 0.05) is 5.92 Å². The first-order chi connectivity index (χ1) is 14.5. The van der Waals surface area contributed by atoms with E-state index in [2.05, 4.69) is 5.10 Å². The van der Waals surface area contributed by atoms with Crippen LogP contribution in [0, 0.1) is 19.8 Å². The van der Waals surface area contributed by atoms with E-state index < -0.39 is 34.5 Å². The molecule has 1 fully saturated rings. The van der Waals surface area contributed by atoms with E-state index in [-0.39, 0.29) is 11.5 Å². The number of aryl methyl sites for hydroxylation is 2. The molecule has 0 saturated carbocycles. The van der Waals surface area contributed by atoms with Crippen molar-refractivity contribution in [3.63, 3.8) is 0 Å². The number of nitrogens with zero attached hydrogens (tertiary/aromatic N) is 2. The highest BCUT2D eigenvalue weighted by molar-refractivity contribution is 7.91. The van der Waals surface area contributed by atoms with Crippen molar-refractivity contribution in [2.75, 3.05) is 18.1 Å². The standard InChI is InChI=1S/C23H23F3N2O2S/c1-15-3-7-17(8-4-15)11-19-12-31(29,30)13-20-21(19)27-28(14-23(24,25)26)22(20)18-9-5-16(2)6-10-18/h3-11,20,22H,12-14H2,1-2H3/b19-11+. The van der Waals surface area contributed by atoms with Crippen molar-refractivity contribution in [2.24, 2.45) is 11.0 Å². The van der Waals surface area contributed by atoms with Gasteiger partial charge >= 0.3 is 6.18 Å². The zero-order valence-electron chi connectivity index (χ0n) is 17.2. The SMILES string of the molecule is Cc1ccc(/C=C2\CS(=O)(=O)CC3C2=NN(CC(F)(F)F)C3c2ccc(C)cc2)cc1. The summed E-state index contributed by atoms with van der Waals surface area (Å²) in [6, 6.07) is 13.9. The quantitative estimate of drug-likeness (QED) is 0.684. The molecule has 2 heterocycles. The third-order valence-electron chi connectivity index (χ3n) is 5.61. The maximum absolute atomic E-state index is 13.3. The van der Waals surface area contributed by atoms with Crippen LogP contribution in [-0.2, 0) is 9.84 Å². The van der Waals surface area contributed by atoms with Crippen LogP contribution in [0.1, 0.15) is 28.3 Å². The number of hydrogen-bond donors (Lipinski definition) is 0. The van der Waals surface area contributed by atoms with Gasteiger partial charge in [-0.3, -0.25) is 5.01 Å². The van der Waals surface area contributed by atoms with E-state index in [1.807, 2.05) is 50.2 Å². The van der Waals surface area contributed by atoms with Gasteiger partial charge in [0.2, 0.25) is 0 Å². The lowest BCUT2D eigenvalue weighted by molar-refractivity contribution is -0.150. The van der Waals surface area contributed by atoms with Gasteiger partial charge in [0.1, 0.15) is 6.54 Å². The van der Waals surface area contributed by atoms with Crippen molar-refractivity contribution < 1.29 is 21.6 Å². The Balaban J connectivity index is 1.80. The van der Waals surface area contributed by atoms with Crippen LogP contribution in [0.3, 0.4) is 0 Å². The summed E-state index contributed by atoms with van der Waals surface area (Å²) in [6.45, 7) is 2.60. The molecule has 31 heavy (non-hydrogen) atoms. The predicted molar refractivity (Wildman–Crippen MR) is 115 cm³/mol. The molecular weight excluding hydrogens is 425 g/mol. The molecule has 0 radical (unpaired) electrons. The second-order valence-corrected chi connectivity index (χ2v) is 10.4. The molecule has 4 rings (SSSR count). The van der Waals surface area contributed by atoms with Crippen molar-refractivity contribution in [2.45, 2.75) is 26.1 Å². The summed E-state index contributed by atoms with van der Waals surface area (Å²) >= 11 is 0. The van der Waals surface area contributed by atoms with Crippen molar-refractivity contribution in [3.8, 4) is 0 Å². The molecule has 0 spiro atoms. The minimum atomic E-state index is -4.46. The molecule has 0 aromatic heterocycles. The lowest BCUT2D eigenvalue weighted by Crippen LogP contribution is -2.39. The van der Waals surface area contributed by atoms with Crippen LogP contribution >= 0.6 is 0 Å². The third kappa shape index (κ3) is 4.84. The van der Waals surface area contributed by atoms with Gasteiger partial charge in [0.15, 0.2) is 9.84 Å². The summed E-state index contributed by atoms with van der Waals surface area (Å²) in [5.41, 5.74) is 4.35. The Morgan fingerprint density at radius 1 is 1.03 bits per heavy atom. The van der Waals surface area contributed by atoms with Crippen molar-refractivity contribution in [3.05, 3.63) is 76.4 Å². The summed E-state index contributed by atoms with van der Waals surface area (Å²) in [4.78, 5) is 0. The topological polar surface area (TPSA) is 49.7 Å². The van der Waals surface area contributed by atoms with Crippen LogP contribution in [0.15, 0.2) is 59.2 Å². The Hall–Kier alpha value is -2.61. The van der Waals surface area contributed by atoms with Gasteiger partial charge in [0.05, 0.1) is 23.3 Å². The first-order valence-corrected chi connectivity index (χ1v) is 11.8. The Labute approximate surface area is 180 Å². The van der Waals surface area contributed by atoms with Gasteiger partial charge in [-0.1, -0.05) is 59.7 Å². The van der Waals surface area contributed by atoms with E-state index in [4.69, 9.17) is 0 Å². The largest absolute Gasteiger partial charge is 0.407 e. The van der Waals surface area contributed by atoms with Crippen molar-refractivity contribution in [1.82, 2.24) is 5.01 Å². The molecule has 2 aromatic carbocycles. The van der Waals surface area contributed by atoms with Crippen LogP contribution < -0.4 is 0 Å². The van der Waals surface area contributed by atoms with E-state index in [0.29, 0.717) is 16.8 Å². The fourth-order valence-corrected chi connectivity index (χ4v) is 5.92. The number of hydrogen-bond acceptors (Lipinski definition) is 4. The van der Waals surface area contributed by atoms with Crippen LogP contribution in [0.25, 0.3) is 6.08 Å². The molecule has 0 aliphatic carbocycles. The van der Waals surface area contributed by atoms with Gasteiger partial charge in [-0.25, -0.2) is 8.42 Å². The second kappa shape index (κ2) is 7.82. The van der Waals surface area contributed by atoms with Gasteiger partial charge in [0.25, 0.3) is 0 Å². The predicted octanol–water partition coefficient (Wildman–Crippen LogP) is 4.71. The van der Waals surface area contributed by atoms with Gasteiger partial charge in [-0.05, 0) is 36.6 Å². The highest BCUT2D eigenvalue weighted by atomic mass is 32.2. The first kappa shape index (κ1) is 21.6. The Morgan fingerprint density at radius 2 is 1.61 bits per heavy atom. The minimum absolute atomic E-state index is 0.218. The first-order valence-electron chi connectivity index (χ1n) is 9.97. The molecule has 1 saturated heterocycles. The normalized spacial score (nSPS) is 24.2. The average Bonchev–Trinajstić information content (AvgIpc) is 2.99. The summed E-state index contributed by atoms with van der Waals surface area (Å²) in [6.07, 6.45) is -2.73. The van der Waals surface area contributed by atoms with Crippen molar-refractivity contribution >= 4 is 21.6 Å². The molecule has 4 nitrogen and oxygen atoms in total. The Kier molecular flexibility index (Phi) is 5.45. The lowest BCUT2D eigenvalue weighted by Gasteiger charge is -2.31. The molecule has 0 N–H and O–H groups in total. The molecule has 2 unspecified atom stereocenters. The number of benzene rings is 2. The molecule has 0 bridgehead atoms. The molecule has 2 aliphatic heterocycles. The number of rotatable bonds is 3. The fraction of sp³-hybridized carbons (Fsp3) is 0.348. The highest BCUT2D eigenvalue weighted by Gasteiger charge is 2.48. The third-order valence-corrected chi connectivity index (χ3v) is 7.22. The molecule has 2 aromatic rings. The van der Waals surface area contributed by atoms with E-state index >= 15 is 0 Å². The molecule has 164 valence electrons. The van der Waals surface area contributed by atoms with Crippen LogP contribution in [-0.4, -0.2) is 43.4 Å². The number of halogens is 3. The van der Waals surface area contributed by atoms with E-state index in [1.165, 1.54) is 0 Å². The van der Waals surface area contributed by atoms with Crippen LogP contribution in [0.2, 0.25) is 0 Å².